The van der Waals surface area contributed by atoms with E-state index in [1.165, 1.54) is 30.6 Å². The Morgan fingerprint density at radius 3 is 2.61 bits per heavy atom. The van der Waals surface area contributed by atoms with E-state index < -0.39 is 0 Å². The summed E-state index contributed by atoms with van der Waals surface area (Å²) in [6.07, 6.45) is 7.16. The van der Waals surface area contributed by atoms with Gasteiger partial charge in [-0.25, -0.2) is 4.98 Å². The largest absolute Gasteiger partial charge is 0.381 e. The van der Waals surface area contributed by atoms with Gasteiger partial charge < -0.3 is 10.5 Å². The molecule has 1 fully saturated rings. The Kier molecular flexibility index (Phi) is 6.35. The third kappa shape index (κ3) is 4.09. The highest BCUT2D eigenvalue weighted by Gasteiger charge is 2.23. The Hall–Kier alpha value is -0.360. The van der Waals surface area contributed by atoms with Gasteiger partial charge in [-0.05, 0) is 32.7 Å². The van der Waals surface area contributed by atoms with Crippen molar-refractivity contribution < 1.29 is 4.74 Å². The maximum atomic E-state index is 5.64. The van der Waals surface area contributed by atoms with Crippen LogP contribution in [0.15, 0.2) is 6.20 Å². The molecule has 1 aromatic rings. The first-order valence-corrected chi connectivity index (χ1v) is 6.94. The van der Waals surface area contributed by atoms with Crippen molar-refractivity contribution in [2.45, 2.75) is 44.4 Å². The lowest BCUT2D eigenvalue weighted by Crippen LogP contribution is -2.36. The summed E-state index contributed by atoms with van der Waals surface area (Å²) in [5.41, 5.74) is 5.64. The average Bonchev–Trinajstić information content (AvgIpc) is 2.75. The maximum Gasteiger partial charge on any atom is 0.180 e. The van der Waals surface area contributed by atoms with Crippen molar-refractivity contribution >= 4 is 28.9 Å². The van der Waals surface area contributed by atoms with E-state index in [1.54, 1.807) is 11.3 Å². The molecule has 0 saturated heterocycles. The van der Waals surface area contributed by atoms with E-state index >= 15 is 0 Å². The molecule has 2 N–H and O–H groups in total. The molecule has 0 aromatic carbocycles. The van der Waals surface area contributed by atoms with Crippen LogP contribution in [-0.2, 0) is 11.3 Å². The number of hydrogen-bond acceptors (Lipinski definition) is 5. The molecule has 1 aliphatic carbocycles. The van der Waals surface area contributed by atoms with Gasteiger partial charge in [0.1, 0.15) is 0 Å². The fraction of sp³-hybridized carbons (Fsp3) is 0.750. The first kappa shape index (κ1) is 15.7. The van der Waals surface area contributed by atoms with Gasteiger partial charge >= 0.3 is 0 Å². The Labute approximate surface area is 119 Å². The topological polar surface area (TPSA) is 51.4 Å². The van der Waals surface area contributed by atoms with Crippen LogP contribution in [0.5, 0.6) is 0 Å². The fourth-order valence-corrected chi connectivity index (χ4v) is 3.24. The molecule has 0 atom stereocenters. The van der Waals surface area contributed by atoms with Crippen LogP contribution >= 0.6 is 23.7 Å². The second kappa shape index (κ2) is 7.28. The molecular weight excluding hydrogens is 270 g/mol. The third-order valence-corrected chi connectivity index (χ3v) is 4.39. The molecule has 0 amide bonds. The van der Waals surface area contributed by atoms with Crippen LogP contribution < -0.4 is 5.73 Å². The zero-order chi connectivity index (χ0) is 12.3. The summed E-state index contributed by atoms with van der Waals surface area (Å²) in [4.78, 5) is 7.75. The lowest BCUT2D eigenvalue weighted by atomic mass is 9.92. The van der Waals surface area contributed by atoms with Crippen molar-refractivity contribution in [3.63, 3.8) is 0 Å². The molecule has 6 heteroatoms. The van der Waals surface area contributed by atoms with E-state index in [0.717, 1.165) is 6.54 Å². The predicted molar refractivity (Wildman–Crippen MR) is 78.3 cm³/mol. The van der Waals surface area contributed by atoms with Crippen LogP contribution in [0.2, 0.25) is 0 Å². The molecule has 0 radical (unpaired) electrons. The number of nitrogens with two attached hydrogens (primary N) is 1. The Morgan fingerprint density at radius 1 is 1.44 bits per heavy atom. The highest BCUT2D eigenvalue weighted by molar-refractivity contribution is 7.15. The number of nitrogen functional groups attached to an aromatic ring is 1. The summed E-state index contributed by atoms with van der Waals surface area (Å²) >= 11 is 1.59. The predicted octanol–water partition coefficient (Wildman–Crippen LogP) is 2.54. The summed E-state index contributed by atoms with van der Waals surface area (Å²) in [6.45, 7) is 0.956. The van der Waals surface area contributed by atoms with Crippen molar-refractivity contribution in [3.05, 3.63) is 11.1 Å². The van der Waals surface area contributed by atoms with Crippen LogP contribution in [0.3, 0.4) is 0 Å². The molecule has 1 saturated carbocycles. The SMILES string of the molecule is COC1CCC(N(C)Cc2cnc(N)s2)CC1.Cl. The smallest absolute Gasteiger partial charge is 0.180 e. The minimum atomic E-state index is 0. The molecule has 1 heterocycles. The van der Waals surface area contributed by atoms with Crippen LogP contribution in [0.1, 0.15) is 30.6 Å². The fourth-order valence-electron chi connectivity index (χ4n) is 2.49. The minimum absolute atomic E-state index is 0. The number of ether oxygens (including phenoxy) is 1. The van der Waals surface area contributed by atoms with Crippen molar-refractivity contribution in [1.29, 1.82) is 0 Å². The zero-order valence-electron chi connectivity index (χ0n) is 11.0. The number of hydrogen-bond donors (Lipinski definition) is 1. The lowest BCUT2D eigenvalue weighted by Gasteiger charge is -2.33. The van der Waals surface area contributed by atoms with E-state index in [-0.39, 0.29) is 12.4 Å². The number of anilines is 1. The van der Waals surface area contributed by atoms with Crippen LogP contribution in [0.4, 0.5) is 5.13 Å². The molecular formula is C12H22ClN3OS. The molecule has 1 aromatic heterocycles. The quantitative estimate of drug-likeness (QED) is 0.926. The molecule has 1 aliphatic rings. The van der Waals surface area contributed by atoms with E-state index in [1.807, 2.05) is 13.3 Å². The van der Waals surface area contributed by atoms with Crippen molar-refractivity contribution in [3.8, 4) is 0 Å². The van der Waals surface area contributed by atoms with Crippen molar-refractivity contribution in [2.75, 3.05) is 19.9 Å². The molecule has 2 rings (SSSR count). The first-order chi connectivity index (χ1) is 8.19. The molecule has 0 unspecified atom stereocenters. The van der Waals surface area contributed by atoms with Crippen molar-refractivity contribution in [2.24, 2.45) is 0 Å². The number of halogens is 1. The van der Waals surface area contributed by atoms with Gasteiger partial charge in [0, 0.05) is 30.8 Å². The Morgan fingerprint density at radius 2 is 2.11 bits per heavy atom. The molecule has 0 bridgehead atoms. The summed E-state index contributed by atoms with van der Waals surface area (Å²) in [7, 11) is 4.00. The van der Waals surface area contributed by atoms with Gasteiger partial charge in [-0.3, -0.25) is 4.90 Å². The van der Waals surface area contributed by atoms with Gasteiger partial charge in [0.15, 0.2) is 5.13 Å². The van der Waals surface area contributed by atoms with Gasteiger partial charge in [-0.15, -0.1) is 23.7 Å². The average molecular weight is 292 g/mol. The second-order valence-electron chi connectivity index (χ2n) is 4.75. The lowest BCUT2D eigenvalue weighted by molar-refractivity contribution is 0.0429. The Bertz CT molecular complexity index is 353. The number of nitrogens with zero attached hydrogens (tertiary/aromatic N) is 2. The molecule has 4 nitrogen and oxygen atoms in total. The standard InChI is InChI=1S/C12H21N3OS.ClH/c1-15(8-11-7-14-12(13)17-11)9-3-5-10(16-2)6-4-9;/h7,9-10H,3-6,8H2,1-2H3,(H2,13,14);1H. The van der Waals surface area contributed by atoms with Gasteiger partial charge in [0.25, 0.3) is 0 Å². The summed E-state index contributed by atoms with van der Waals surface area (Å²) in [5, 5.41) is 0.663. The van der Waals surface area contributed by atoms with E-state index in [2.05, 4.69) is 16.9 Å². The molecule has 0 spiro atoms. The number of methoxy groups -OCH3 is 1. The van der Waals surface area contributed by atoms with E-state index in [9.17, 15) is 0 Å². The van der Waals surface area contributed by atoms with Gasteiger partial charge in [0.05, 0.1) is 6.10 Å². The highest BCUT2D eigenvalue weighted by Crippen LogP contribution is 2.26. The van der Waals surface area contributed by atoms with Gasteiger partial charge in [-0.1, -0.05) is 0 Å². The normalized spacial score (nSPS) is 23.9. The summed E-state index contributed by atoms with van der Waals surface area (Å²) < 4.78 is 5.40. The molecule has 104 valence electrons. The minimum Gasteiger partial charge on any atom is -0.381 e. The highest BCUT2D eigenvalue weighted by atomic mass is 35.5. The molecule has 18 heavy (non-hydrogen) atoms. The number of rotatable bonds is 4. The first-order valence-electron chi connectivity index (χ1n) is 6.12. The zero-order valence-corrected chi connectivity index (χ0v) is 12.6. The Balaban J connectivity index is 0.00000162. The third-order valence-electron chi connectivity index (χ3n) is 3.58. The monoisotopic (exact) mass is 291 g/mol. The van der Waals surface area contributed by atoms with Gasteiger partial charge in [0.2, 0.25) is 0 Å². The van der Waals surface area contributed by atoms with Gasteiger partial charge in [-0.2, -0.15) is 0 Å². The van der Waals surface area contributed by atoms with E-state index in [4.69, 9.17) is 10.5 Å². The van der Waals surface area contributed by atoms with E-state index in [0.29, 0.717) is 17.3 Å². The second-order valence-corrected chi connectivity index (χ2v) is 5.89. The summed E-state index contributed by atoms with van der Waals surface area (Å²) in [6, 6.07) is 0.671. The van der Waals surface area contributed by atoms with Crippen LogP contribution in [-0.4, -0.2) is 36.2 Å². The number of thiazole rings is 1. The molecule has 0 aliphatic heterocycles. The number of aromatic nitrogens is 1. The summed E-state index contributed by atoms with van der Waals surface area (Å²) in [5.74, 6) is 0. The van der Waals surface area contributed by atoms with Crippen LogP contribution in [0, 0.1) is 0 Å². The van der Waals surface area contributed by atoms with Crippen LogP contribution in [0.25, 0.3) is 0 Å². The van der Waals surface area contributed by atoms with Crippen molar-refractivity contribution in [1.82, 2.24) is 9.88 Å². The maximum absolute atomic E-state index is 5.64.